The van der Waals surface area contributed by atoms with E-state index in [0.29, 0.717) is 16.7 Å². The highest BCUT2D eigenvalue weighted by atomic mass is 14.5. The van der Waals surface area contributed by atoms with E-state index in [9.17, 15) is 0 Å². The van der Waals surface area contributed by atoms with Crippen LogP contribution in [0.4, 0.5) is 0 Å². The minimum Gasteiger partial charge on any atom is -0.0651 e. The molecule has 9 aliphatic rings. The zero-order valence-electron chi connectivity index (χ0n) is 66.8. The average molecular weight is 1090 g/mol. The van der Waals surface area contributed by atoms with Gasteiger partial charge in [0.25, 0.3) is 0 Å². The lowest BCUT2D eigenvalue weighted by atomic mass is 9.59. The van der Waals surface area contributed by atoms with Crippen molar-refractivity contribution >= 4 is 0 Å². The zero-order chi connectivity index (χ0) is 66.8. The molecule has 9 rings (SSSR count). The van der Waals surface area contributed by atoms with Gasteiger partial charge >= 0.3 is 0 Å². The Bertz CT molecular complexity index is 1590. The second-order valence-electron chi connectivity index (χ2n) is 32.4. The molecule has 464 valence electrons. The predicted molar refractivity (Wildman–Crippen MR) is 357 cm³/mol. The van der Waals surface area contributed by atoms with Crippen LogP contribution >= 0.6 is 0 Å². The van der Waals surface area contributed by atoms with Crippen molar-refractivity contribution in [3.63, 3.8) is 0 Å². The Morgan fingerprint density at radius 3 is 0.857 bits per heavy atom. The fourth-order valence-corrected chi connectivity index (χ4v) is 12.9. The van der Waals surface area contributed by atoms with E-state index in [-0.39, 0.29) is 29.0 Å². The smallest absolute Gasteiger partial charge is 0.0300 e. The van der Waals surface area contributed by atoms with Crippen LogP contribution in [0.1, 0.15) is 428 Å². The Labute approximate surface area is 505 Å². The highest BCUT2D eigenvalue weighted by molar-refractivity contribution is 4.92. The van der Waals surface area contributed by atoms with Crippen molar-refractivity contribution in [1.29, 1.82) is 0 Å². The maximum Gasteiger partial charge on any atom is 0.0300 e. The highest BCUT2D eigenvalue weighted by Gasteiger charge is 2.40. The monoisotopic (exact) mass is 1090 g/mol. The first kappa shape index (κ1) is 61.6. The van der Waals surface area contributed by atoms with Crippen molar-refractivity contribution in [3.05, 3.63) is 0 Å². The average Bonchev–Trinajstić information content (AvgIpc) is 3.48. The van der Waals surface area contributed by atoms with Crippen LogP contribution in [0.3, 0.4) is 0 Å². The lowest BCUT2D eigenvalue weighted by Gasteiger charge is -2.47. The van der Waals surface area contributed by atoms with Crippen molar-refractivity contribution in [2.45, 2.75) is 415 Å². The first-order chi connectivity index (χ1) is 38.8. The molecule has 0 atom stereocenters. The molecule has 0 heterocycles. The Morgan fingerprint density at radius 2 is 0.636 bits per heavy atom. The van der Waals surface area contributed by atoms with E-state index in [1.165, 1.54) is 154 Å². The van der Waals surface area contributed by atoms with Crippen molar-refractivity contribution in [3.8, 4) is 0 Å². The Kier molecular flexibility index (Phi) is 33.5. The topological polar surface area (TPSA) is 0 Å². The molecule has 0 nitrogen and oxygen atoms in total. The third-order valence-electron chi connectivity index (χ3n) is 19.5. The van der Waals surface area contributed by atoms with Gasteiger partial charge in [-0.2, -0.15) is 0 Å². The van der Waals surface area contributed by atoms with Crippen LogP contribution in [-0.2, 0) is 0 Å². The third-order valence-corrected chi connectivity index (χ3v) is 19.5. The van der Waals surface area contributed by atoms with Crippen LogP contribution in [0.25, 0.3) is 0 Å². The Morgan fingerprint density at radius 1 is 0.403 bits per heavy atom. The number of hydrogen-bond donors (Lipinski definition) is 0. The van der Waals surface area contributed by atoms with E-state index >= 15 is 0 Å². The second-order valence-corrected chi connectivity index (χ2v) is 32.4. The first-order valence-corrected chi connectivity index (χ1v) is 34.3. The molecule has 0 N–H and O–H groups in total. The number of hydrogen-bond acceptors (Lipinski definition) is 0. The zero-order valence-corrected chi connectivity index (χ0v) is 57.8. The van der Waals surface area contributed by atoms with Gasteiger partial charge in [-0.1, -0.05) is 326 Å². The van der Waals surface area contributed by atoms with Gasteiger partial charge in [0.15, 0.2) is 0 Å². The Balaban J connectivity index is 0.000000949. The first-order valence-electron chi connectivity index (χ1n) is 38.8. The van der Waals surface area contributed by atoms with E-state index in [0.717, 1.165) is 72.5 Å². The highest BCUT2D eigenvalue weighted by Crippen LogP contribution is 2.53. The molecular formula is C77H156. The van der Waals surface area contributed by atoms with Gasteiger partial charge in [0.1, 0.15) is 0 Å². The van der Waals surface area contributed by atoms with Crippen molar-refractivity contribution < 1.29 is 12.3 Å². The molecule has 0 bridgehead atoms. The normalized spacial score (nSPS) is 27.5. The molecule has 0 amide bonds. The van der Waals surface area contributed by atoms with Crippen LogP contribution in [-0.4, -0.2) is 0 Å². The molecule has 9 aliphatic carbocycles. The summed E-state index contributed by atoms with van der Waals surface area (Å²) in [6.07, 6.45) is 50.8. The maximum absolute atomic E-state index is 7.63. The van der Waals surface area contributed by atoms with Gasteiger partial charge in [-0.25, -0.2) is 0 Å². The molecule has 9 saturated carbocycles. The number of rotatable bonds is 2. The van der Waals surface area contributed by atoms with Crippen LogP contribution in [0.2, 0.25) is 0 Å². The lowest BCUT2D eigenvalue weighted by Crippen LogP contribution is -2.34. The van der Waals surface area contributed by atoms with Gasteiger partial charge in [0, 0.05) is 12.3 Å². The van der Waals surface area contributed by atoms with Crippen LogP contribution in [0.5, 0.6) is 0 Å². The quantitative estimate of drug-likeness (QED) is 0.259. The summed E-state index contributed by atoms with van der Waals surface area (Å²) in [6, 6.07) is 0. The summed E-state index contributed by atoms with van der Waals surface area (Å²) in [5.74, 6) is 3.16. The molecule has 0 aromatic heterocycles. The third kappa shape index (κ3) is 43.3. The summed E-state index contributed by atoms with van der Waals surface area (Å²) < 4.78 is 65.4. The molecule has 0 aromatic carbocycles. The van der Waals surface area contributed by atoms with Crippen LogP contribution < -0.4 is 0 Å². The van der Waals surface area contributed by atoms with Crippen LogP contribution in [0, 0.1) is 79.8 Å². The fraction of sp³-hybridized carbons (Fsp3) is 1.00. The maximum atomic E-state index is 7.63. The van der Waals surface area contributed by atoms with Crippen molar-refractivity contribution in [1.82, 2.24) is 0 Å². The molecule has 9 fully saturated rings. The molecule has 3 spiro atoms. The van der Waals surface area contributed by atoms with Gasteiger partial charge < -0.3 is 0 Å². The van der Waals surface area contributed by atoms with Gasteiger partial charge in [-0.3, -0.25) is 0 Å². The summed E-state index contributed by atoms with van der Waals surface area (Å²) >= 11 is 0. The second kappa shape index (κ2) is 41.9. The summed E-state index contributed by atoms with van der Waals surface area (Å²) in [7, 11) is 0. The largest absolute Gasteiger partial charge is 0.0651 e. The summed E-state index contributed by atoms with van der Waals surface area (Å²) in [6.45, 7) is 44.9. The fourth-order valence-electron chi connectivity index (χ4n) is 12.9. The minimum atomic E-state index is -1.06. The summed E-state index contributed by atoms with van der Waals surface area (Å²) in [4.78, 5) is 0. The van der Waals surface area contributed by atoms with Crippen LogP contribution in [0.15, 0.2) is 0 Å². The van der Waals surface area contributed by atoms with E-state index in [4.69, 9.17) is 12.3 Å². The minimum absolute atomic E-state index is 0.0556. The van der Waals surface area contributed by atoms with Crippen molar-refractivity contribution in [2.75, 3.05) is 0 Å². The van der Waals surface area contributed by atoms with E-state index in [1.54, 1.807) is 72.1 Å². The van der Waals surface area contributed by atoms with Crippen molar-refractivity contribution in [2.24, 2.45) is 79.8 Å². The molecule has 0 saturated heterocycles. The summed E-state index contributed by atoms with van der Waals surface area (Å²) in [5.41, 5.74) is 3.40. The van der Waals surface area contributed by atoms with Gasteiger partial charge in [0.2, 0.25) is 0 Å². The van der Waals surface area contributed by atoms with E-state index in [1.807, 2.05) is 69.2 Å². The Hall–Kier alpha value is 0. The molecule has 0 radical (unpaired) electrons. The van der Waals surface area contributed by atoms with E-state index in [2.05, 4.69) is 62.3 Å². The van der Waals surface area contributed by atoms with Gasteiger partial charge in [-0.05, 0) is 170 Å². The molecule has 0 heteroatoms. The molecule has 77 heavy (non-hydrogen) atoms. The molecular weight excluding hydrogens is 925 g/mol. The molecule has 0 aliphatic heterocycles. The predicted octanol–water partition coefficient (Wildman–Crippen LogP) is 28.3. The standard InChI is InChI=1S/C14H26.C12H22.C11H20.2C7H14.C6H12.C6H14.2C5H12.C4H10/c1-12-4-6-14(7-5-12)10-8-13(2,3)9-11-14;1-11-5-9-12(10-6-11)7-3-2-4-8-12;1-10-4-8-11(9-5-10)6-2-3-7-11;1-7-5-3-2-4-6-7;1-2-7-5-3-4-6-7;1-6-4-2-3-5-6;1-5-6(2,3)4;1-5(2,3)4;1-4-5(2)3;1-4(2)3/h12H,4-11H2,1-3H3;11H,2-10H2,1H3;10H,2-9H2,1H3;2*7H,2-6H2,1H3;6H,2-5H2,1H3;5H2,1-4H3;1-4H3;5H,4H2,1-3H3;4H,1-3H3/i;;;7D;2D2;6D;5D2;;4D2;4D. The van der Waals surface area contributed by atoms with Gasteiger partial charge in [-0.15, -0.1) is 0 Å². The lowest BCUT2D eigenvalue weighted by molar-refractivity contribution is 0.0511. The van der Waals surface area contributed by atoms with Gasteiger partial charge in [0.05, 0.1) is 0 Å². The molecule has 0 unspecified atom stereocenters. The van der Waals surface area contributed by atoms with E-state index < -0.39 is 19.1 Å². The molecule has 0 aromatic rings. The summed E-state index contributed by atoms with van der Waals surface area (Å²) in [5, 5.41) is 0. The SMILES string of the molecule is CC(C)(C)C.CC1CCC2(CC1)CCC(C)(C)CC2.CC1CCC2(CCCC2)CC1.CC1CCC2(CCCCC2)CC1.[2H]C(C)(C)C.[2H]C([2H])(C)C(C)(C)C.[2H]C([2H])(C)C(C)C.[2H]C([2H])(C)C1CCCC1.[2H]C1(C)CCCC1.[2H]C1(C)CCCCC1.